The van der Waals surface area contributed by atoms with E-state index in [2.05, 4.69) is 37.0 Å². The highest BCUT2D eigenvalue weighted by atomic mass is 35.5. The Morgan fingerprint density at radius 1 is 1.03 bits per heavy atom. The molecule has 0 radical (unpaired) electrons. The molecule has 1 fully saturated rings. The van der Waals surface area contributed by atoms with Crippen LogP contribution in [0.2, 0.25) is 0 Å². The second-order valence-corrected chi connectivity index (χ2v) is 6.81. The van der Waals surface area contributed by atoms with Gasteiger partial charge in [-0.3, -0.25) is 4.90 Å². The van der Waals surface area contributed by atoms with Gasteiger partial charge in [-0.1, -0.05) is 12.2 Å². The number of nitrogens with zero attached hydrogens (tertiary/aromatic N) is 6. The molecule has 0 aliphatic carbocycles. The largest absolute Gasteiger partial charge is 0.369 e. The Morgan fingerprint density at radius 2 is 1.72 bits per heavy atom. The van der Waals surface area contributed by atoms with Crippen molar-refractivity contribution in [2.45, 2.75) is 6.92 Å². The Morgan fingerprint density at radius 3 is 2.41 bits per heavy atom. The Balaban J connectivity index is 0.00000240. The van der Waals surface area contributed by atoms with Crippen molar-refractivity contribution in [1.82, 2.24) is 24.6 Å². The average Bonchev–Trinajstić information content (AvgIpc) is 3.10. The molecular formula is C21H24ClFN6. The van der Waals surface area contributed by atoms with Crippen LogP contribution in [0.4, 0.5) is 10.1 Å². The zero-order valence-corrected chi connectivity index (χ0v) is 17.1. The van der Waals surface area contributed by atoms with Crippen molar-refractivity contribution >= 4 is 24.2 Å². The molecule has 1 aromatic carbocycles. The maximum Gasteiger partial charge on any atom is 0.250 e. The van der Waals surface area contributed by atoms with Crippen LogP contribution in [-0.4, -0.2) is 57.4 Å². The van der Waals surface area contributed by atoms with Crippen molar-refractivity contribution in [2.24, 2.45) is 0 Å². The highest BCUT2D eigenvalue weighted by Crippen LogP contribution is 2.17. The standard InChI is InChI=1S/C21H23FN6.ClH/c1-17-18(16-25-28(17)21-23-9-3-10-24-21)4-2-11-26-12-14-27(15-13-26)20-7-5-19(22)6-8-20;/h2-10,16H,11-15H2,1H3;1H. The second kappa shape index (κ2) is 9.62. The summed E-state index contributed by atoms with van der Waals surface area (Å²) in [6.07, 6.45) is 9.55. The molecule has 3 aromatic rings. The van der Waals surface area contributed by atoms with Crippen LogP contribution >= 0.6 is 12.4 Å². The number of hydrogen-bond acceptors (Lipinski definition) is 5. The zero-order valence-electron chi connectivity index (χ0n) is 16.3. The van der Waals surface area contributed by atoms with Gasteiger partial charge in [-0.15, -0.1) is 12.4 Å². The second-order valence-electron chi connectivity index (χ2n) is 6.81. The highest BCUT2D eigenvalue weighted by molar-refractivity contribution is 5.85. The molecule has 3 heterocycles. The topological polar surface area (TPSA) is 50.1 Å². The van der Waals surface area contributed by atoms with Gasteiger partial charge in [0.25, 0.3) is 5.95 Å². The van der Waals surface area contributed by atoms with Crippen LogP contribution in [0.5, 0.6) is 0 Å². The Bertz CT molecular complexity index is 934. The molecule has 0 spiro atoms. The molecule has 1 aliphatic heterocycles. The first-order valence-electron chi connectivity index (χ1n) is 9.42. The minimum atomic E-state index is -0.190. The molecule has 0 atom stereocenters. The molecule has 152 valence electrons. The van der Waals surface area contributed by atoms with Gasteiger partial charge >= 0.3 is 0 Å². The lowest BCUT2D eigenvalue weighted by Crippen LogP contribution is -2.46. The average molecular weight is 415 g/mol. The molecule has 0 bridgehead atoms. The first kappa shape index (κ1) is 21.0. The van der Waals surface area contributed by atoms with Gasteiger partial charge in [-0.05, 0) is 37.3 Å². The van der Waals surface area contributed by atoms with Crippen molar-refractivity contribution in [2.75, 3.05) is 37.6 Å². The molecule has 0 saturated carbocycles. The summed E-state index contributed by atoms with van der Waals surface area (Å²) in [5, 5.41) is 4.39. The summed E-state index contributed by atoms with van der Waals surface area (Å²) in [7, 11) is 0. The number of rotatable bonds is 5. The van der Waals surface area contributed by atoms with Crippen LogP contribution in [0, 0.1) is 12.7 Å². The van der Waals surface area contributed by atoms with Gasteiger partial charge in [-0.25, -0.2) is 19.0 Å². The van der Waals surface area contributed by atoms with Crippen LogP contribution in [0.3, 0.4) is 0 Å². The summed E-state index contributed by atoms with van der Waals surface area (Å²) in [6.45, 7) is 6.77. The quantitative estimate of drug-likeness (QED) is 0.640. The maximum atomic E-state index is 13.1. The zero-order chi connectivity index (χ0) is 19.3. The fourth-order valence-electron chi connectivity index (χ4n) is 3.36. The van der Waals surface area contributed by atoms with Gasteiger partial charge in [0.15, 0.2) is 0 Å². The number of halogens is 2. The summed E-state index contributed by atoms with van der Waals surface area (Å²) < 4.78 is 14.8. The number of piperazine rings is 1. The monoisotopic (exact) mass is 414 g/mol. The van der Waals surface area contributed by atoms with Gasteiger partial charge in [0.05, 0.1) is 11.9 Å². The summed E-state index contributed by atoms with van der Waals surface area (Å²) in [6, 6.07) is 8.53. The fraction of sp³-hybridized carbons (Fsp3) is 0.286. The lowest BCUT2D eigenvalue weighted by Gasteiger charge is -2.35. The van der Waals surface area contributed by atoms with E-state index in [-0.39, 0.29) is 18.2 Å². The summed E-state index contributed by atoms with van der Waals surface area (Å²) >= 11 is 0. The van der Waals surface area contributed by atoms with E-state index in [1.807, 2.05) is 25.3 Å². The van der Waals surface area contributed by atoms with Crippen molar-refractivity contribution in [3.8, 4) is 5.95 Å². The van der Waals surface area contributed by atoms with Gasteiger partial charge in [-0.2, -0.15) is 5.10 Å². The Labute approximate surface area is 176 Å². The van der Waals surface area contributed by atoms with Gasteiger partial charge < -0.3 is 4.90 Å². The van der Waals surface area contributed by atoms with Crippen LogP contribution < -0.4 is 4.90 Å². The normalized spacial score (nSPS) is 14.9. The molecule has 1 aliphatic rings. The van der Waals surface area contributed by atoms with Crippen LogP contribution in [-0.2, 0) is 0 Å². The predicted molar refractivity (Wildman–Crippen MR) is 115 cm³/mol. The number of hydrogen-bond donors (Lipinski definition) is 0. The van der Waals surface area contributed by atoms with E-state index in [1.54, 1.807) is 23.1 Å². The van der Waals surface area contributed by atoms with Crippen molar-refractivity contribution < 1.29 is 4.39 Å². The van der Waals surface area contributed by atoms with E-state index in [0.717, 1.165) is 49.7 Å². The summed E-state index contributed by atoms with van der Waals surface area (Å²) in [5.74, 6) is 0.390. The van der Waals surface area contributed by atoms with Crippen molar-refractivity contribution in [1.29, 1.82) is 0 Å². The van der Waals surface area contributed by atoms with Crippen LogP contribution in [0.25, 0.3) is 12.0 Å². The van der Waals surface area contributed by atoms with Gasteiger partial charge in [0.1, 0.15) is 5.82 Å². The smallest absolute Gasteiger partial charge is 0.250 e. The van der Waals surface area contributed by atoms with Crippen molar-refractivity contribution in [3.63, 3.8) is 0 Å². The first-order chi connectivity index (χ1) is 13.7. The third-order valence-electron chi connectivity index (χ3n) is 5.01. The lowest BCUT2D eigenvalue weighted by molar-refractivity contribution is 0.284. The molecular weight excluding hydrogens is 391 g/mol. The molecule has 6 nitrogen and oxygen atoms in total. The minimum Gasteiger partial charge on any atom is -0.369 e. The van der Waals surface area contributed by atoms with E-state index in [0.29, 0.717) is 5.95 Å². The third-order valence-corrected chi connectivity index (χ3v) is 5.01. The van der Waals surface area contributed by atoms with E-state index < -0.39 is 0 Å². The van der Waals surface area contributed by atoms with Crippen molar-refractivity contribution in [3.05, 3.63) is 72.1 Å². The van der Waals surface area contributed by atoms with E-state index in [4.69, 9.17) is 0 Å². The van der Waals surface area contributed by atoms with Gasteiger partial charge in [0.2, 0.25) is 0 Å². The molecule has 29 heavy (non-hydrogen) atoms. The molecule has 1 saturated heterocycles. The number of anilines is 1. The highest BCUT2D eigenvalue weighted by Gasteiger charge is 2.16. The van der Waals surface area contributed by atoms with Gasteiger partial charge in [0, 0.05) is 56.4 Å². The number of benzene rings is 1. The summed E-state index contributed by atoms with van der Waals surface area (Å²) in [4.78, 5) is 13.2. The van der Waals surface area contributed by atoms with Crippen LogP contribution in [0.15, 0.2) is 55.0 Å². The maximum absolute atomic E-state index is 13.1. The van der Waals surface area contributed by atoms with E-state index >= 15 is 0 Å². The van der Waals surface area contributed by atoms with E-state index in [1.165, 1.54) is 12.1 Å². The SMILES string of the molecule is Cc1c(C=CCN2CCN(c3ccc(F)cc3)CC2)cnn1-c1ncccn1.Cl. The first-order valence-corrected chi connectivity index (χ1v) is 9.42. The molecule has 0 N–H and O–H groups in total. The molecule has 2 aromatic heterocycles. The van der Waals surface area contributed by atoms with Crippen LogP contribution in [0.1, 0.15) is 11.3 Å². The van der Waals surface area contributed by atoms with E-state index in [9.17, 15) is 4.39 Å². The molecule has 0 amide bonds. The summed E-state index contributed by atoms with van der Waals surface area (Å²) in [5.41, 5.74) is 3.17. The third kappa shape index (κ3) is 4.99. The molecule has 8 heteroatoms. The lowest BCUT2D eigenvalue weighted by atomic mass is 10.2. The fourth-order valence-corrected chi connectivity index (χ4v) is 3.36. The Hall–Kier alpha value is -2.77. The number of aromatic nitrogens is 4. The molecule has 0 unspecified atom stereocenters. The minimum absolute atomic E-state index is 0. The molecule has 4 rings (SSSR count). The predicted octanol–water partition coefficient (Wildman–Crippen LogP) is 3.37. The Kier molecular flexibility index (Phi) is 6.95.